The quantitative estimate of drug-likeness (QED) is 0.756. The number of nitrogens with one attached hydrogen (secondary N) is 1. The van der Waals surface area contributed by atoms with Crippen molar-refractivity contribution in [1.82, 2.24) is 5.32 Å². The normalized spacial score (nSPS) is 12.2. The van der Waals surface area contributed by atoms with Gasteiger partial charge in [-0.25, -0.2) is 0 Å². The summed E-state index contributed by atoms with van der Waals surface area (Å²) in [5.74, 6) is 0.897. The van der Waals surface area contributed by atoms with Gasteiger partial charge in [0.1, 0.15) is 5.75 Å². The maximum atomic E-state index is 6.08. The highest BCUT2D eigenvalue weighted by atomic mass is 79.9. The van der Waals surface area contributed by atoms with E-state index in [-0.39, 0.29) is 6.04 Å². The van der Waals surface area contributed by atoms with Gasteiger partial charge in [0.15, 0.2) is 0 Å². The first-order valence-electron chi connectivity index (χ1n) is 7.06. The van der Waals surface area contributed by atoms with Gasteiger partial charge in [-0.2, -0.15) is 0 Å². The molecule has 112 valence electrons. The minimum absolute atomic E-state index is 0.138. The highest BCUT2D eigenvalue weighted by Crippen LogP contribution is 2.29. The Hall–Kier alpha value is -1.03. The molecule has 0 heterocycles. The lowest BCUT2D eigenvalue weighted by Crippen LogP contribution is -2.21. The number of rotatable bonds is 6. The summed E-state index contributed by atoms with van der Waals surface area (Å²) < 4.78 is 6.41. The molecular formula is C17H19BrClNO. The highest BCUT2D eigenvalue weighted by molar-refractivity contribution is 9.10. The molecule has 0 saturated carbocycles. The average Bonchev–Trinajstić information content (AvgIpc) is 2.49. The summed E-state index contributed by atoms with van der Waals surface area (Å²) in [4.78, 5) is 0. The van der Waals surface area contributed by atoms with Crippen LogP contribution in [0.4, 0.5) is 0 Å². The van der Waals surface area contributed by atoms with E-state index in [0.29, 0.717) is 6.61 Å². The molecule has 2 nitrogen and oxygen atoms in total. The average molecular weight is 369 g/mol. The summed E-state index contributed by atoms with van der Waals surface area (Å²) >= 11 is 9.57. The summed E-state index contributed by atoms with van der Waals surface area (Å²) in [7, 11) is 0. The third-order valence-electron chi connectivity index (χ3n) is 3.21. The van der Waals surface area contributed by atoms with E-state index in [4.69, 9.17) is 16.3 Å². The minimum Gasteiger partial charge on any atom is -0.494 e. The number of benzene rings is 2. The summed E-state index contributed by atoms with van der Waals surface area (Å²) in [5, 5.41) is 4.23. The molecule has 0 aromatic heterocycles. The first-order chi connectivity index (χ1) is 10.2. The van der Waals surface area contributed by atoms with Crippen molar-refractivity contribution in [2.45, 2.75) is 19.9 Å². The fourth-order valence-electron chi connectivity index (χ4n) is 2.25. The lowest BCUT2D eigenvalue weighted by atomic mass is 9.98. The number of halogens is 2. The summed E-state index contributed by atoms with van der Waals surface area (Å²) in [6.07, 6.45) is 0. The Morgan fingerprint density at radius 2 is 1.76 bits per heavy atom. The van der Waals surface area contributed by atoms with Crippen LogP contribution in [0.25, 0.3) is 0 Å². The zero-order valence-corrected chi connectivity index (χ0v) is 14.5. The van der Waals surface area contributed by atoms with Crippen molar-refractivity contribution in [2.75, 3.05) is 13.2 Å². The third kappa shape index (κ3) is 4.22. The Kier molecular flexibility index (Phi) is 6.09. The van der Waals surface area contributed by atoms with E-state index < -0.39 is 0 Å². The van der Waals surface area contributed by atoms with Crippen LogP contribution in [-0.2, 0) is 0 Å². The van der Waals surface area contributed by atoms with E-state index in [1.807, 2.05) is 25.1 Å². The summed E-state index contributed by atoms with van der Waals surface area (Å²) in [5.41, 5.74) is 2.38. The molecule has 1 N–H and O–H groups in total. The van der Waals surface area contributed by atoms with Crippen molar-refractivity contribution in [3.05, 3.63) is 63.1 Å². The van der Waals surface area contributed by atoms with Gasteiger partial charge in [-0.15, -0.1) is 0 Å². The molecule has 0 saturated heterocycles. The molecule has 0 radical (unpaired) electrons. The lowest BCUT2D eigenvalue weighted by Gasteiger charge is -2.20. The molecule has 0 amide bonds. The zero-order chi connectivity index (χ0) is 15.2. The molecule has 21 heavy (non-hydrogen) atoms. The molecule has 0 fully saturated rings. The molecule has 2 aromatic rings. The molecule has 1 unspecified atom stereocenters. The Labute approximate surface area is 139 Å². The van der Waals surface area contributed by atoms with Crippen LogP contribution >= 0.6 is 27.5 Å². The first-order valence-corrected chi connectivity index (χ1v) is 8.23. The molecule has 1 atom stereocenters. The van der Waals surface area contributed by atoms with Gasteiger partial charge in [-0.1, -0.05) is 36.7 Å². The predicted molar refractivity (Wildman–Crippen MR) is 92.3 cm³/mol. The van der Waals surface area contributed by atoms with Gasteiger partial charge < -0.3 is 10.1 Å². The minimum atomic E-state index is 0.138. The van der Waals surface area contributed by atoms with Crippen LogP contribution in [0, 0.1) is 0 Å². The van der Waals surface area contributed by atoms with Gasteiger partial charge in [0.25, 0.3) is 0 Å². The van der Waals surface area contributed by atoms with Gasteiger partial charge in [-0.3, -0.25) is 0 Å². The Bertz CT molecular complexity index is 586. The zero-order valence-electron chi connectivity index (χ0n) is 12.2. The van der Waals surface area contributed by atoms with Gasteiger partial charge >= 0.3 is 0 Å². The standard InChI is InChI=1S/C17H19BrClNO/c1-3-20-17(13-7-10-16(19)15(18)11-13)12-5-8-14(9-6-12)21-4-2/h5-11,17,20H,3-4H2,1-2H3. The van der Waals surface area contributed by atoms with Gasteiger partial charge in [0, 0.05) is 4.47 Å². The van der Waals surface area contributed by atoms with Gasteiger partial charge in [-0.05, 0) is 64.8 Å². The Balaban J connectivity index is 2.31. The topological polar surface area (TPSA) is 21.3 Å². The molecular weight excluding hydrogens is 350 g/mol. The number of hydrogen-bond acceptors (Lipinski definition) is 2. The molecule has 2 rings (SSSR count). The van der Waals surface area contributed by atoms with E-state index in [1.165, 1.54) is 11.1 Å². The smallest absolute Gasteiger partial charge is 0.119 e. The van der Waals surface area contributed by atoms with Crippen molar-refractivity contribution < 1.29 is 4.74 Å². The second-order valence-electron chi connectivity index (χ2n) is 4.67. The SMILES string of the molecule is CCNC(c1ccc(OCC)cc1)c1ccc(Cl)c(Br)c1. The third-order valence-corrected chi connectivity index (χ3v) is 4.42. The largest absolute Gasteiger partial charge is 0.494 e. The fourth-order valence-corrected chi connectivity index (χ4v) is 2.76. The second-order valence-corrected chi connectivity index (χ2v) is 5.93. The van der Waals surface area contributed by atoms with Crippen molar-refractivity contribution in [3.63, 3.8) is 0 Å². The predicted octanol–water partition coefficient (Wildman–Crippen LogP) is 5.20. The first kappa shape index (κ1) is 16.3. The van der Waals surface area contributed by atoms with E-state index >= 15 is 0 Å². The fraction of sp³-hybridized carbons (Fsp3) is 0.294. The molecule has 0 bridgehead atoms. The van der Waals surface area contributed by atoms with Crippen LogP contribution in [-0.4, -0.2) is 13.2 Å². The number of hydrogen-bond donors (Lipinski definition) is 1. The molecule has 0 aliphatic heterocycles. The Morgan fingerprint density at radius 1 is 1.10 bits per heavy atom. The molecule has 0 aliphatic carbocycles. The van der Waals surface area contributed by atoms with Crippen LogP contribution in [0.15, 0.2) is 46.9 Å². The maximum Gasteiger partial charge on any atom is 0.119 e. The Morgan fingerprint density at radius 3 is 2.33 bits per heavy atom. The summed E-state index contributed by atoms with van der Waals surface area (Å²) in [6.45, 7) is 5.66. The second kappa shape index (κ2) is 7.83. The molecule has 0 aliphatic rings. The molecule has 4 heteroatoms. The van der Waals surface area contributed by atoms with E-state index in [1.54, 1.807) is 0 Å². The molecule has 0 spiro atoms. The van der Waals surface area contributed by atoms with Crippen molar-refractivity contribution >= 4 is 27.5 Å². The monoisotopic (exact) mass is 367 g/mol. The van der Waals surface area contributed by atoms with Crippen LogP contribution in [0.1, 0.15) is 31.0 Å². The highest BCUT2D eigenvalue weighted by Gasteiger charge is 2.14. The van der Waals surface area contributed by atoms with Crippen LogP contribution in [0.5, 0.6) is 5.75 Å². The van der Waals surface area contributed by atoms with Crippen molar-refractivity contribution in [1.29, 1.82) is 0 Å². The van der Waals surface area contributed by atoms with Gasteiger partial charge in [0.05, 0.1) is 17.7 Å². The maximum absolute atomic E-state index is 6.08. The van der Waals surface area contributed by atoms with Crippen molar-refractivity contribution in [2.24, 2.45) is 0 Å². The number of ether oxygens (including phenoxy) is 1. The van der Waals surface area contributed by atoms with E-state index in [9.17, 15) is 0 Å². The molecule has 2 aromatic carbocycles. The van der Waals surface area contributed by atoms with Gasteiger partial charge in [0.2, 0.25) is 0 Å². The van der Waals surface area contributed by atoms with Crippen molar-refractivity contribution in [3.8, 4) is 5.75 Å². The van der Waals surface area contributed by atoms with Crippen LogP contribution in [0.2, 0.25) is 5.02 Å². The summed E-state index contributed by atoms with van der Waals surface area (Å²) in [6, 6.07) is 14.4. The van der Waals surface area contributed by atoms with E-state index in [0.717, 1.165) is 21.8 Å². The van der Waals surface area contributed by atoms with Crippen LogP contribution < -0.4 is 10.1 Å². The lowest BCUT2D eigenvalue weighted by molar-refractivity contribution is 0.340. The van der Waals surface area contributed by atoms with Crippen LogP contribution in [0.3, 0.4) is 0 Å². The van der Waals surface area contributed by atoms with E-state index in [2.05, 4.69) is 52.4 Å².